The monoisotopic (exact) mass is 544 g/mol. The molecule has 0 saturated carbocycles. The number of hydrogen-bond donors (Lipinski definition) is 0. The second-order valence-corrected chi connectivity index (χ2v) is 10.2. The number of nitrogens with zero attached hydrogens (tertiary/aromatic N) is 2. The van der Waals surface area contributed by atoms with Crippen molar-refractivity contribution in [3.63, 3.8) is 0 Å². The lowest BCUT2D eigenvalue weighted by Gasteiger charge is -2.44. The minimum atomic E-state index is -0.705. The number of carbonyl (C=O) groups is 3. The van der Waals surface area contributed by atoms with Gasteiger partial charge < -0.3 is 19.3 Å². The van der Waals surface area contributed by atoms with Crippen molar-refractivity contribution in [2.45, 2.75) is 38.3 Å². The van der Waals surface area contributed by atoms with Crippen LogP contribution >= 0.6 is 0 Å². The average Bonchev–Trinajstić information content (AvgIpc) is 2.99. The van der Waals surface area contributed by atoms with Gasteiger partial charge in [0.2, 0.25) is 5.91 Å². The number of amides is 2. The summed E-state index contributed by atoms with van der Waals surface area (Å²) in [6.45, 7) is 3.06. The Kier molecular flexibility index (Phi) is 8.14. The molecule has 3 aromatic carbocycles. The summed E-state index contributed by atoms with van der Waals surface area (Å²) in [5, 5.41) is 0. The van der Waals surface area contributed by atoms with Gasteiger partial charge in [-0.15, -0.1) is 0 Å². The molecule has 5 rings (SSSR count). The Morgan fingerprint density at radius 3 is 2.42 bits per heavy atom. The molecule has 2 heterocycles. The van der Waals surface area contributed by atoms with Crippen LogP contribution in [-0.4, -0.2) is 54.4 Å². The van der Waals surface area contributed by atoms with E-state index in [-0.39, 0.29) is 42.6 Å². The van der Waals surface area contributed by atoms with Crippen LogP contribution < -0.4 is 4.74 Å². The topological polar surface area (TPSA) is 76.2 Å². The largest absolute Gasteiger partial charge is 0.497 e. The van der Waals surface area contributed by atoms with E-state index in [0.717, 1.165) is 11.1 Å². The molecule has 40 heavy (non-hydrogen) atoms. The molecule has 3 aromatic rings. The van der Waals surface area contributed by atoms with Crippen LogP contribution in [0.3, 0.4) is 0 Å². The maximum absolute atomic E-state index is 14.5. The van der Waals surface area contributed by atoms with E-state index in [4.69, 9.17) is 9.47 Å². The molecule has 0 unspecified atom stereocenters. The number of piperidine rings is 1. The average molecular weight is 545 g/mol. The van der Waals surface area contributed by atoms with Crippen LogP contribution in [0.2, 0.25) is 0 Å². The molecule has 0 N–H and O–H groups in total. The minimum Gasteiger partial charge on any atom is -0.497 e. The number of benzene rings is 3. The molecule has 0 radical (unpaired) electrons. The van der Waals surface area contributed by atoms with Crippen LogP contribution in [0.4, 0.5) is 4.39 Å². The Morgan fingerprint density at radius 1 is 1.00 bits per heavy atom. The van der Waals surface area contributed by atoms with E-state index in [0.29, 0.717) is 42.9 Å². The van der Waals surface area contributed by atoms with Crippen molar-refractivity contribution in [3.8, 4) is 5.75 Å². The first kappa shape index (κ1) is 27.4. The molecule has 2 aliphatic heterocycles. The van der Waals surface area contributed by atoms with Gasteiger partial charge in [0.25, 0.3) is 5.91 Å². The van der Waals surface area contributed by atoms with Crippen LogP contribution in [0.1, 0.15) is 58.8 Å². The molecule has 7 nitrogen and oxygen atoms in total. The van der Waals surface area contributed by atoms with E-state index in [2.05, 4.69) is 0 Å². The lowest BCUT2D eigenvalue weighted by Crippen LogP contribution is -2.50. The van der Waals surface area contributed by atoms with Crippen molar-refractivity contribution in [2.75, 3.05) is 26.8 Å². The van der Waals surface area contributed by atoms with Gasteiger partial charge in [-0.05, 0) is 66.8 Å². The maximum Gasteiger partial charge on any atom is 0.310 e. The standard InChI is InChI=1S/C32H33FN2O5/c1-3-40-32(38)23-7-6-18-34(20-23)31(37)28-26-8-4-5-9-27(26)30(36)35(19-21-10-14-24(33)15-11-21)29(28)22-12-16-25(39-2)17-13-22/h4-5,8-17,23,28-29H,3,6-7,18-20H2,1-2H3/t23-,28-,29-/m1/s1. The van der Waals surface area contributed by atoms with E-state index in [1.165, 1.54) is 12.1 Å². The highest BCUT2D eigenvalue weighted by Gasteiger charge is 2.46. The van der Waals surface area contributed by atoms with Gasteiger partial charge in [0, 0.05) is 25.2 Å². The number of rotatable bonds is 7. The molecule has 208 valence electrons. The van der Waals surface area contributed by atoms with Gasteiger partial charge in [0.15, 0.2) is 0 Å². The fourth-order valence-corrected chi connectivity index (χ4v) is 5.82. The Hall–Kier alpha value is -4.20. The predicted octanol–water partition coefficient (Wildman–Crippen LogP) is 5.12. The zero-order valence-corrected chi connectivity index (χ0v) is 22.7. The van der Waals surface area contributed by atoms with Crippen molar-refractivity contribution in [2.24, 2.45) is 5.92 Å². The van der Waals surface area contributed by atoms with Crippen LogP contribution in [0.5, 0.6) is 5.75 Å². The summed E-state index contributed by atoms with van der Waals surface area (Å²) in [7, 11) is 1.58. The lowest BCUT2D eigenvalue weighted by molar-refractivity contribution is -0.151. The number of halogens is 1. The predicted molar refractivity (Wildman–Crippen MR) is 147 cm³/mol. The van der Waals surface area contributed by atoms with Gasteiger partial charge in [-0.25, -0.2) is 4.39 Å². The van der Waals surface area contributed by atoms with Gasteiger partial charge in [-0.2, -0.15) is 0 Å². The number of hydrogen-bond acceptors (Lipinski definition) is 5. The molecule has 1 fully saturated rings. The van der Waals surface area contributed by atoms with Gasteiger partial charge in [0.05, 0.1) is 31.6 Å². The number of likely N-dealkylation sites (tertiary alicyclic amines) is 1. The molecule has 3 atom stereocenters. The van der Waals surface area contributed by atoms with Crippen molar-refractivity contribution < 1.29 is 28.2 Å². The Morgan fingerprint density at radius 2 is 1.73 bits per heavy atom. The maximum atomic E-state index is 14.5. The third-order valence-electron chi connectivity index (χ3n) is 7.78. The summed E-state index contributed by atoms with van der Waals surface area (Å²) in [5.74, 6) is -1.42. The Bertz CT molecular complexity index is 1370. The van der Waals surface area contributed by atoms with Crippen molar-refractivity contribution in [3.05, 3.63) is 101 Å². The summed E-state index contributed by atoms with van der Waals surface area (Å²) in [4.78, 5) is 44.5. The van der Waals surface area contributed by atoms with Crippen molar-refractivity contribution in [1.82, 2.24) is 9.80 Å². The minimum absolute atomic E-state index is 0.140. The summed E-state index contributed by atoms with van der Waals surface area (Å²) in [5.41, 5.74) is 2.65. The fraction of sp³-hybridized carbons (Fsp3) is 0.344. The van der Waals surface area contributed by atoms with Crippen LogP contribution in [0.15, 0.2) is 72.8 Å². The molecule has 0 bridgehead atoms. The molecule has 1 saturated heterocycles. The Balaban J connectivity index is 1.59. The first-order chi connectivity index (χ1) is 19.4. The number of fused-ring (bicyclic) bond motifs is 1. The summed E-state index contributed by atoms with van der Waals surface area (Å²) < 4.78 is 24.3. The van der Waals surface area contributed by atoms with Gasteiger partial charge >= 0.3 is 5.97 Å². The van der Waals surface area contributed by atoms with Crippen LogP contribution in [-0.2, 0) is 20.9 Å². The third kappa shape index (κ3) is 5.43. The van der Waals surface area contributed by atoms with Crippen molar-refractivity contribution >= 4 is 17.8 Å². The lowest BCUT2D eigenvalue weighted by atomic mass is 9.78. The highest BCUT2D eigenvalue weighted by atomic mass is 19.1. The Labute approximate surface area is 233 Å². The van der Waals surface area contributed by atoms with Crippen LogP contribution in [0.25, 0.3) is 0 Å². The molecule has 2 aliphatic rings. The quantitative estimate of drug-likeness (QED) is 0.386. The molecule has 0 aromatic heterocycles. The summed E-state index contributed by atoms with van der Waals surface area (Å²) in [6, 6.07) is 20.0. The zero-order chi connectivity index (χ0) is 28.2. The molecule has 2 amide bonds. The molecular formula is C32H33FN2O5. The number of esters is 1. The highest BCUT2D eigenvalue weighted by molar-refractivity contribution is 6.01. The SMILES string of the molecule is CCOC(=O)[C@@H]1CCCN(C(=O)[C@@H]2c3ccccc3C(=O)N(Cc3ccc(F)cc3)[C@@H]2c2ccc(OC)cc2)C1. The summed E-state index contributed by atoms with van der Waals surface area (Å²) in [6.07, 6.45) is 1.36. The molecule has 8 heteroatoms. The second-order valence-electron chi connectivity index (χ2n) is 10.2. The fourth-order valence-electron chi connectivity index (χ4n) is 5.82. The van der Waals surface area contributed by atoms with Gasteiger partial charge in [0.1, 0.15) is 11.6 Å². The van der Waals surface area contributed by atoms with E-state index < -0.39 is 12.0 Å². The first-order valence-electron chi connectivity index (χ1n) is 13.6. The highest BCUT2D eigenvalue weighted by Crippen LogP contribution is 2.45. The number of ether oxygens (including phenoxy) is 2. The van der Waals surface area contributed by atoms with E-state index >= 15 is 0 Å². The normalized spacial score (nSPS) is 20.6. The van der Waals surface area contributed by atoms with E-state index in [1.54, 1.807) is 48.1 Å². The van der Waals surface area contributed by atoms with Gasteiger partial charge in [-0.1, -0.05) is 42.5 Å². The molecule has 0 aliphatic carbocycles. The molecular weight excluding hydrogens is 511 g/mol. The van der Waals surface area contributed by atoms with Crippen LogP contribution in [0, 0.1) is 11.7 Å². The third-order valence-corrected chi connectivity index (χ3v) is 7.78. The first-order valence-corrected chi connectivity index (χ1v) is 13.6. The smallest absolute Gasteiger partial charge is 0.310 e. The summed E-state index contributed by atoms with van der Waals surface area (Å²) >= 11 is 0. The number of methoxy groups -OCH3 is 1. The molecule has 0 spiro atoms. The van der Waals surface area contributed by atoms with E-state index in [1.807, 2.05) is 36.4 Å². The van der Waals surface area contributed by atoms with Crippen molar-refractivity contribution in [1.29, 1.82) is 0 Å². The van der Waals surface area contributed by atoms with E-state index in [9.17, 15) is 18.8 Å². The second kappa shape index (κ2) is 11.9. The van der Waals surface area contributed by atoms with Gasteiger partial charge in [-0.3, -0.25) is 14.4 Å². The number of carbonyl (C=O) groups excluding carboxylic acids is 3. The zero-order valence-electron chi connectivity index (χ0n) is 22.7.